The van der Waals surface area contributed by atoms with Crippen molar-refractivity contribution in [1.82, 2.24) is 4.90 Å². The van der Waals surface area contributed by atoms with Crippen LogP contribution in [0.4, 0.5) is 0 Å². The molecule has 1 aliphatic carbocycles. The summed E-state index contributed by atoms with van der Waals surface area (Å²) in [5, 5.41) is 0. The maximum absolute atomic E-state index is 6.11. The Bertz CT molecular complexity index is 253. The molecule has 2 atom stereocenters. The van der Waals surface area contributed by atoms with Gasteiger partial charge in [-0.15, -0.1) is 0 Å². The van der Waals surface area contributed by atoms with E-state index in [0.29, 0.717) is 6.10 Å². The van der Waals surface area contributed by atoms with E-state index in [4.69, 9.17) is 10.5 Å². The highest BCUT2D eigenvalue weighted by Gasteiger charge is 2.49. The lowest BCUT2D eigenvalue weighted by molar-refractivity contribution is 0.00697. The minimum absolute atomic E-state index is 0.121. The summed E-state index contributed by atoms with van der Waals surface area (Å²) in [5.74, 6) is 0.767. The summed E-state index contributed by atoms with van der Waals surface area (Å²) in [5.41, 5.74) is 6.23. The lowest BCUT2D eigenvalue weighted by Crippen LogP contribution is -2.59. The molecule has 100 valence electrons. The lowest BCUT2D eigenvalue weighted by Gasteiger charge is -2.43. The monoisotopic (exact) mass is 240 g/mol. The van der Waals surface area contributed by atoms with Crippen LogP contribution in [0.15, 0.2) is 0 Å². The highest BCUT2D eigenvalue weighted by Crippen LogP contribution is 2.40. The van der Waals surface area contributed by atoms with Crippen LogP contribution in [0.2, 0.25) is 0 Å². The Morgan fingerprint density at radius 1 is 1.41 bits per heavy atom. The topological polar surface area (TPSA) is 38.5 Å². The van der Waals surface area contributed by atoms with Gasteiger partial charge >= 0.3 is 0 Å². The van der Waals surface area contributed by atoms with Crippen LogP contribution >= 0.6 is 0 Å². The van der Waals surface area contributed by atoms with E-state index >= 15 is 0 Å². The number of nitrogens with two attached hydrogens (primary N) is 1. The lowest BCUT2D eigenvalue weighted by atomic mass is 9.88. The Labute approximate surface area is 106 Å². The van der Waals surface area contributed by atoms with Crippen molar-refractivity contribution in [2.75, 3.05) is 19.7 Å². The molecule has 0 radical (unpaired) electrons. The van der Waals surface area contributed by atoms with Crippen molar-refractivity contribution < 1.29 is 4.74 Å². The molecule has 3 nitrogen and oxygen atoms in total. The SMILES string of the molecule is CC(C)CCN(C1CC1)C1(CN)CCOC1C. The Morgan fingerprint density at radius 3 is 2.53 bits per heavy atom. The van der Waals surface area contributed by atoms with Crippen molar-refractivity contribution >= 4 is 0 Å². The number of ether oxygens (including phenoxy) is 1. The first kappa shape index (κ1) is 13.3. The molecule has 0 aromatic heterocycles. The van der Waals surface area contributed by atoms with Gasteiger partial charge in [-0.3, -0.25) is 4.90 Å². The van der Waals surface area contributed by atoms with Gasteiger partial charge in [0.25, 0.3) is 0 Å². The van der Waals surface area contributed by atoms with Crippen molar-refractivity contribution in [2.24, 2.45) is 11.7 Å². The van der Waals surface area contributed by atoms with Gasteiger partial charge in [-0.25, -0.2) is 0 Å². The number of nitrogens with zero attached hydrogens (tertiary/aromatic N) is 1. The van der Waals surface area contributed by atoms with Gasteiger partial charge in [0.05, 0.1) is 11.6 Å². The molecule has 3 heteroatoms. The Morgan fingerprint density at radius 2 is 2.12 bits per heavy atom. The molecular formula is C14H28N2O. The van der Waals surface area contributed by atoms with E-state index in [1.54, 1.807) is 0 Å². The van der Waals surface area contributed by atoms with Crippen molar-refractivity contribution in [1.29, 1.82) is 0 Å². The summed E-state index contributed by atoms with van der Waals surface area (Å²) in [6.07, 6.45) is 5.38. The van der Waals surface area contributed by atoms with Gasteiger partial charge in [0.15, 0.2) is 0 Å². The maximum Gasteiger partial charge on any atom is 0.0743 e. The molecule has 0 bridgehead atoms. The normalized spacial score (nSPS) is 33.9. The molecule has 17 heavy (non-hydrogen) atoms. The van der Waals surface area contributed by atoms with Crippen LogP contribution in [-0.4, -0.2) is 42.3 Å². The molecule has 1 saturated carbocycles. The zero-order valence-corrected chi connectivity index (χ0v) is 11.6. The first-order valence-corrected chi connectivity index (χ1v) is 7.18. The van der Waals surface area contributed by atoms with E-state index in [0.717, 1.165) is 31.5 Å². The van der Waals surface area contributed by atoms with Gasteiger partial charge in [0, 0.05) is 19.2 Å². The third-order valence-electron chi connectivity index (χ3n) is 4.52. The van der Waals surface area contributed by atoms with E-state index in [2.05, 4.69) is 25.7 Å². The van der Waals surface area contributed by atoms with Gasteiger partial charge < -0.3 is 10.5 Å². The second-order valence-electron chi connectivity index (χ2n) is 6.18. The molecule has 0 amide bonds. The molecule has 2 rings (SSSR count). The van der Waals surface area contributed by atoms with E-state index < -0.39 is 0 Å². The summed E-state index contributed by atoms with van der Waals surface area (Å²) in [4.78, 5) is 2.69. The molecule has 0 aromatic rings. The molecule has 2 unspecified atom stereocenters. The van der Waals surface area contributed by atoms with Crippen LogP contribution in [0.25, 0.3) is 0 Å². The van der Waals surface area contributed by atoms with Gasteiger partial charge in [-0.2, -0.15) is 0 Å². The fourth-order valence-corrected chi connectivity index (χ4v) is 3.09. The molecule has 2 aliphatic rings. The third kappa shape index (κ3) is 2.67. The smallest absolute Gasteiger partial charge is 0.0743 e. The summed E-state index contributed by atoms with van der Waals surface area (Å²) in [7, 11) is 0. The first-order valence-electron chi connectivity index (χ1n) is 7.18. The Hall–Kier alpha value is -0.120. The third-order valence-corrected chi connectivity index (χ3v) is 4.52. The molecular weight excluding hydrogens is 212 g/mol. The zero-order chi connectivity index (χ0) is 12.5. The molecule has 2 N–H and O–H groups in total. The van der Waals surface area contributed by atoms with E-state index in [1.807, 2.05) is 0 Å². The van der Waals surface area contributed by atoms with E-state index in [-0.39, 0.29) is 5.54 Å². The molecule has 0 aromatic carbocycles. The van der Waals surface area contributed by atoms with Crippen molar-refractivity contribution in [2.45, 2.75) is 64.1 Å². The number of hydrogen-bond acceptors (Lipinski definition) is 3. The Kier molecular flexibility index (Phi) is 4.11. The predicted molar refractivity (Wildman–Crippen MR) is 71.0 cm³/mol. The number of rotatable bonds is 6. The van der Waals surface area contributed by atoms with Crippen LogP contribution in [-0.2, 0) is 4.74 Å². The van der Waals surface area contributed by atoms with Crippen molar-refractivity contribution in [3.63, 3.8) is 0 Å². The quantitative estimate of drug-likeness (QED) is 0.772. The Balaban J connectivity index is 2.07. The van der Waals surface area contributed by atoms with Crippen molar-refractivity contribution in [3.05, 3.63) is 0 Å². The zero-order valence-electron chi connectivity index (χ0n) is 11.6. The summed E-state index contributed by atoms with van der Waals surface area (Å²) < 4.78 is 5.80. The van der Waals surface area contributed by atoms with E-state index in [9.17, 15) is 0 Å². The van der Waals surface area contributed by atoms with Crippen LogP contribution in [0.1, 0.15) is 46.5 Å². The van der Waals surface area contributed by atoms with Crippen LogP contribution < -0.4 is 5.73 Å². The van der Waals surface area contributed by atoms with Gasteiger partial charge in [0.2, 0.25) is 0 Å². The minimum atomic E-state index is 0.121. The average molecular weight is 240 g/mol. The largest absolute Gasteiger partial charge is 0.376 e. The molecule has 1 saturated heterocycles. The summed E-state index contributed by atoms with van der Waals surface area (Å²) in [6, 6.07) is 0.779. The molecule has 2 fully saturated rings. The van der Waals surface area contributed by atoms with Gasteiger partial charge in [-0.05, 0) is 45.1 Å². The van der Waals surface area contributed by atoms with Gasteiger partial charge in [-0.1, -0.05) is 13.8 Å². The summed E-state index contributed by atoms with van der Waals surface area (Å²) >= 11 is 0. The molecule has 0 spiro atoms. The summed E-state index contributed by atoms with van der Waals surface area (Å²) in [6.45, 7) is 9.60. The standard InChI is InChI=1S/C14H28N2O/c1-11(2)6-8-16(13-4-5-13)14(10-15)7-9-17-12(14)3/h11-13H,4-10,15H2,1-3H3. The maximum atomic E-state index is 6.11. The fourth-order valence-electron chi connectivity index (χ4n) is 3.09. The highest BCUT2D eigenvalue weighted by molar-refractivity contribution is 5.05. The van der Waals surface area contributed by atoms with Gasteiger partial charge in [0.1, 0.15) is 0 Å². The first-order chi connectivity index (χ1) is 8.10. The van der Waals surface area contributed by atoms with Crippen LogP contribution in [0, 0.1) is 5.92 Å². The number of hydrogen-bond donors (Lipinski definition) is 1. The molecule has 1 aliphatic heterocycles. The fraction of sp³-hybridized carbons (Fsp3) is 1.00. The second kappa shape index (κ2) is 5.25. The van der Waals surface area contributed by atoms with Crippen LogP contribution in [0.5, 0.6) is 0 Å². The van der Waals surface area contributed by atoms with E-state index in [1.165, 1.54) is 25.8 Å². The van der Waals surface area contributed by atoms with Crippen molar-refractivity contribution in [3.8, 4) is 0 Å². The second-order valence-corrected chi connectivity index (χ2v) is 6.18. The average Bonchev–Trinajstić information content (AvgIpc) is 3.04. The minimum Gasteiger partial charge on any atom is -0.376 e. The van der Waals surface area contributed by atoms with Crippen LogP contribution in [0.3, 0.4) is 0 Å². The highest BCUT2D eigenvalue weighted by atomic mass is 16.5. The predicted octanol–water partition coefficient (Wildman–Crippen LogP) is 2.00. The molecule has 1 heterocycles.